The number of phenols is 1. The molecule has 0 spiro atoms. The Labute approximate surface area is 576 Å². The molecule has 0 aliphatic heterocycles. The second kappa shape index (κ2) is 43.5. The average Bonchev–Trinajstić information content (AvgIpc) is 1.06. The summed E-state index contributed by atoms with van der Waals surface area (Å²) in [6.07, 6.45) is -2.08. The smallest absolute Gasteiger partial charge is 0.326 e. The number of imidazole rings is 1. The topological polar surface area (TPSA) is 648 Å². The molecule has 0 radical (unpaired) electrons. The summed E-state index contributed by atoms with van der Waals surface area (Å²) in [6.45, 7) is 8.65. The highest BCUT2D eigenvalue weighted by atomic mass is 16.4. The van der Waals surface area contributed by atoms with E-state index in [9.17, 15) is 97.5 Å². The van der Waals surface area contributed by atoms with Gasteiger partial charge in [-0.15, -0.1) is 0 Å². The summed E-state index contributed by atoms with van der Waals surface area (Å²) in [4.78, 5) is 208. The maximum atomic E-state index is 14.4. The molecule has 38 heteroatoms. The largest absolute Gasteiger partial charge is 0.508 e. The van der Waals surface area contributed by atoms with Crippen LogP contribution in [0.2, 0.25) is 0 Å². The van der Waals surface area contributed by atoms with Crippen molar-refractivity contribution in [1.82, 2.24) is 68.5 Å². The van der Waals surface area contributed by atoms with Gasteiger partial charge < -0.3 is 118 Å². The maximum Gasteiger partial charge on any atom is 0.326 e. The van der Waals surface area contributed by atoms with Gasteiger partial charge in [0.1, 0.15) is 72.2 Å². The highest BCUT2D eigenvalue weighted by molar-refractivity contribution is 6.00. The number of hydrogen-bond donors (Lipinski definition) is 22. The van der Waals surface area contributed by atoms with Crippen LogP contribution in [0.15, 0.2) is 36.8 Å². The van der Waals surface area contributed by atoms with Gasteiger partial charge in [0, 0.05) is 37.6 Å². The zero-order valence-electron chi connectivity index (χ0n) is 57.0. The van der Waals surface area contributed by atoms with E-state index in [1.54, 1.807) is 27.7 Å². The quantitative estimate of drug-likeness (QED) is 0.0274. The Hall–Kier alpha value is -9.92. The lowest BCUT2D eigenvalue weighted by molar-refractivity contribution is -0.144. The van der Waals surface area contributed by atoms with Crippen molar-refractivity contribution in [2.75, 3.05) is 19.8 Å². The van der Waals surface area contributed by atoms with E-state index in [2.05, 4.69) is 68.5 Å². The summed E-state index contributed by atoms with van der Waals surface area (Å²) < 4.78 is 0. The number of nitrogens with two attached hydrogens (primary N) is 5. The Morgan fingerprint density at radius 2 is 0.910 bits per heavy atom. The maximum absolute atomic E-state index is 14.4. The molecule has 0 saturated heterocycles. The van der Waals surface area contributed by atoms with E-state index in [0.29, 0.717) is 18.4 Å². The lowest BCUT2D eigenvalue weighted by Gasteiger charge is -2.29. The number of phenolic OH excluding ortho intramolecular Hbond substituents is 1. The number of carboxylic acid groups (broad SMARTS) is 1. The molecule has 14 amide bonds. The van der Waals surface area contributed by atoms with Crippen molar-refractivity contribution in [1.29, 1.82) is 0 Å². The van der Waals surface area contributed by atoms with Gasteiger partial charge >= 0.3 is 5.97 Å². The molecule has 100 heavy (non-hydrogen) atoms. The number of carboxylic acids is 1. The Kier molecular flexibility index (Phi) is 37.5. The minimum atomic E-state index is -1.95. The SMILES string of the molecule is CC[C@H](C)[C@H](N)C(=O)N[C@@H](Cc1ccc(O)cc1)C(=O)N[C@@H](CCC(N)=O)C(=O)N[C@@H](CO)C(=O)N[C@@H](CCCCN)C(=O)N[C@@H](Cc1cnc[nH]1)C(=O)N[C@H](C(=O)N[C@@H](CC(C)C)C(=O)N[C@@H](CO)C(=O)N[C@@H](CC(N)=O)C(=O)N[C@@H](CCC(N)=O)C(=O)N[C@H](C(=O)O)C(C)C)[C@@H](C)O. The Bertz CT molecular complexity index is 3100. The van der Waals surface area contributed by atoms with Crippen molar-refractivity contribution < 1.29 is 97.5 Å². The van der Waals surface area contributed by atoms with Gasteiger partial charge in [-0.25, -0.2) is 9.78 Å². The first-order chi connectivity index (χ1) is 47.0. The zero-order valence-corrected chi connectivity index (χ0v) is 57.0. The number of nitrogens with zero attached hydrogens (tertiary/aromatic N) is 1. The first-order valence-electron chi connectivity index (χ1n) is 32.5. The molecule has 0 saturated carbocycles. The molecular formula is C62H100N18O20. The van der Waals surface area contributed by atoms with Crippen LogP contribution < -0.4 is 87.2 Å². The fraction of sp³-hybridized carbons (Fsp3) is 0.613. The number of H-pyrrole nitrogens is 1. The Morgan fingerprint density at radius 1 is 0.500 bits per heavy atom. The fourth-order valence-corrected chi connectivity index (χ4v) is 9.65. The number of amides is 14. The number of aromatic amines is 1. The van der Waals surface area contributed by atoms with Gasteiger partial charge in [-0.3, -0.25) is 67.1 Å². The average molecular weight is 1420 g/mol. The van der Waals surface area contributed by atoms with Crippen molar-refractivity contribution in [3.63, 3.8) is 0 Å². The van der Waals surface area contributed by atoms with Crippen LogP contribution >= 0.6 is 0 Å². The van der Waals surface area contributed by atoms with E-state index in [1.807, 2.05) is 0 Å². The van der Waals surface area contributed by atoms with Gasteiger partial charge in [0.05, 0.1) is 38.1 Å². The molecule has 1 aromatic carbocycles. The predicted molar refractivity (Wildman–Crippen MR) is 354 cm³/mol. The summed E-state index contributed by atoms with van der Waals surface area (Å²) in [5.74, 6) is -18.1. The van der Waals surface area contributed by atoms with Gasteiger partial charge in [0.2, 0.25) is 82.7 Å². The van der Waals surface area contributed by atoms with E-state index < -0.39 is 231 Å². The lowest BCUT2D eigenvalue weighted by Crippen LogP contribution is -2.63. The summed E-state index contributed by atoms with van der Waals surface area (Å²) >= 11 is 0. The van der Waals surface area contributed by atoms with E-state index in [1.165, 1.54) is 50.6 Å². The van der Waals surface area contributed by atoms with Gasteiger partial charge in [-0.05, 0) is 87.4 Å². The molecule has 1 heterocycles. The Balaban J connectivity index is 2.45. The van der Waals surface area contributed by atoms with Gasteiger partial charge in [-0.2, -0.15) is 0 Å². The molecule has 27 N–H and O–H groups in total. The van der Waals surface area contributed by atoms with Crippen molar-refractivity contribution in [2.24, 2.45) is 46.4 Å². The van der Waals surface area contributed by atoms with E-state index in [-0.39, 0.29) is 49.6 Å². The molecule has 558 valence electrons. The van der Waals surface area contributed by atoms with Crippen molar-refractivity contribution in [3.8, 4) is 5.75 Å². The second-order valence-electron chi connectivity index (χ2n) is 24.9. The van der Waals surface area contributed by atoms with Crippen molar-refractivity contribution in [3.05, 3.63) is 48.0 Å². The lowest BCUT2D eigenvalue weighted by atomic mass is 9.98. The third-order valence-corrected chi connectivity index (χ3v) is 15.7. The van der Waals surface area contributed by atoms with Crippen LogP contribution in [-0.4, -0.2) is 223 Å². The minimum absolute atomic E-state index is 0.0920. The number of carbonyl (C=O) groups excluding carboxylic acids is 14. The number of aromatic hydroxyl groups is 1. The van der Waals surface area contributed by atoms with Crippen LogP contribution in [0.4, 0.5) is 0 Å². The van der Waals surface area contributed by atoms with Crippen LogP contribution in [0.3, 0.4) is 0 Å². The van der Waals surface area contributed by atoms with Gasteiger partial charge in [0.25, 0.3) is 0 Å². The standard InChI is InChI=1S/C62H100N18O20/c1-8-31(6)48(67)60(97)75-40(22-33-12-14-35(84)15-13-33)55(92)71-37(16-18-45(64)85)52(89)77-43(26-81)58(95)70-36(11-9-10-20-63)51(88)73-41(23-34-25-68-28-69-34)57(94)80-50(32(7)83)61(98)76-39(21-29(2)3)54(91)78-44(27-82)59(96)74-42(24-47(66)87)56(93)72-38(17-19-46(65)86)53(90)79-49(30(4)5)62(99)100/h12-15,25,28-32,36-44,48-50,81-84H,8-11,16-24,26-27,63,67H2,1-7H3,(H2,64,85)(H2,65,86)(H2,66,87)(H,68,69)(H,70,95)(H,71,92)(H,72,93)(H,73,88)(H,74,96)(H,75,97)(H,76,98)(H,77,89)(H,78,91)(H,79,90)(H,80,94)(H,99,100)/t31-,32+,36-,37-,38-,39-,40-,41-,42-,43-,44-,48-,49-,50-/m0/s1. The number of carbonyl (C=O) groups is 15. The number of benzene rings is 1. The number of nitrogens with one attached hydrogen (secondary N) is 12. The molecule has 0 fully saturated rings. The minimum Gasteiger partial charge on any atom is -0.508 e. The molecule has 0 bridgehead atoms. The summed E-state index contributed by atoms with van der Waals surface area (Å²) in [5.41, 5.74) is 28.6. The normalized spacial score (nSPS) is 15.4. The number of primary amides is 3. The molecule has 0 aliphatic carbocycles. The first kappa shape index (κ1) is 86.2. The third-order valence-electron chi connectivity index (χ3n) is 15.7. The van der Waals surface area contributed by atoms with Gasteiger partial charge in [-0.1, -0.05) is 60.1 Å². The highest BCUT2D eigenvalue weighted by Gasteiger charge is 2.39. The number of hydrogen-bond acceptors (Lipinski definition) is 22. The van der Waals surface area contributed by atoms with E-state index in [4.69, 9.17) is 28.7 Å². The van der Waals surface area contributed by atoms with Crippen LogP contribution in [0, 0.1) is 17.8 Å². The molecule has 2 rings (SSSR count). The molecule has 2 aromatic rings. The molecule has 14 atom stereocenters. The second-order valence-corrected chi connectivity index (χ2v) is 24.9. The molecular weight excluding hydrogens is 1320 g/mol. The number of aromatic nitrogens is 2. The van der Waals surface area contributed by atoms with Gasteiger partial charge in [0.15, 0.2) is 0 Å². The first-order valence-corrected chi connectivity index (χ1v) is 32.5. The van der Waals surface area contributed by atoms with Crippen molar-refractivity contribution >= 4 is 88.7 Å². The van der Waals surface area contributed by atoms with Crippen LogP contribution in [0.25, 0.3) is 0 Å². The fourth-order valence-electron chi connectivity index (χ4n) is 9.65. The predicted octanol–water partition coefficient (Wildman–Crippen LogP) is -7.71. The summed E-state index contributed by atoms with van der Waals surface area (Å²) in [6, 6.07) is -14.1. The third kappa shape index (κ3) is 30.5. The molecule has 1 aromatic heterocycles. The molecule has 38 nitrogen and oxygen atoms in total. The Morgan fingerprint density at radius 3 is 1.35 bits per heavy atom. The number of aliphatic hydroxyl groups excluding tert-OH is 3. The number of unbranched alkanes of at least 4 members (excludes halogenated alkanes) is 1. The molecule has 0 aliphatic rings. The molecule has 0 unspecified atom stereocenters. The van der Waals surface area contributed by atoms with Crippen LogP contribution in [-0.2, 0) is 84.8 Å². The van der Waals surface area contributed by atoms with E-state index in [0.717, 1.165) is 6.92 Å². The highest BCUT2D eigenvalue weighted by Crippen LogP contribution is 2.15. The van der Waals surface area contributed by atoms with E-state index >= 15 is 0 Å². The number of aliphatic hydroxyl groups is 3. The zero-order chi connectivity index (χ0) is 75.7. The number of rotatable bonds is 47. The monoisotopic (exact) mass is 1420 g/mol. The van der Waals surface area contributed by atoms with Crippen LogP contribution in [0.1, 0.15) is 124 Å². The summed E-state index contributed by atoms with van der Waals surface area (Å²) in [5, 5.41) is 77.3. The van der Waals surface area contributed by atoms with Crippen molar-refractivity contribution in [2.45, 2.75) is 204 Å². The number of aliphatic carboxylic acids is 1. The van der Waals surface area contributed by atoms with Crippen LogP contribution in [0.5, 0.6) is 5.75 Å². The summed E-state index contributed by atoms with van der Waals surface area (Å²) in [7, 11) is 0.